The summed E-state index contributed by atoms with van der Waals surface area (Å²) in [4.78, 5) is 6.75. The Hall–Kier alpha value is -1.92. The molecule has 1 N–H and O–H groups in total. The smallest absolute Gasteiger partial charge is 0.321 e. The summed E-state index contributed by atoms with van der Waals surface area (Å²) in [7, 11) is 0. The number of rotatable bonds is 6. The van der Waals surface area contributed by atoms with Crippen LogP contribution in [0.25, 0.3) is 11.4 Å². The molecule has 21 heavy (non-hydrogen) atoms. The van der Waals surface area contributed by atoms with E-state index in [0.29, 0.717) is 11.8 Å². The van der Waals surface area contributed by atoms with E-state index in [0.717, 1.165) is 51.4 Å². The SMILES string of the molecule is c1ccc(-c2noc(NCCCN3CCOCC3)n2)cc1. The third-order valence-corrected chi connectivity index (χ3v) is 3.49. The lowest BCUT2D eigenvalue weighted by Gasteiger charge is -2.26. The zero-order chi connectivity index (χ0) is 14.3. The lowest BCUT2D eigenvalue weighted by atomic mass is 10.2. The van der Waals surface area contributed by atoms with Gasteiger partial charge < -0.3 is 14.6 Å². The molecule has 1 saturated heterocycles. The summed E-state index contributed by atoms with van der Waals surface area (Å²) in [6.07, 6.45) is 1.04. The molecule has 1 aromatic carbocycles. The Morgan fingerprint density at radius 2 is 1.95 bits per heavy atom. The van der Waals surface area contributed by atoms with Gasteiger partial charge in [-0.05, 0) is 13.0 Å². The van der Waals surface area contributed by atoms with E-state index in [4.69, 9.17) is 9.26 Å². The highest BCUT2D eigenvalue weighted by atomic mass is 16.5. The molecule has 112 valence electrons. The molecular formula is C15H20N4O2. The van der Waals surface area contributed by atoms with E-state index in [9.17, 15) is 0 Å². The molecule has 0 radical (unpaired) electrons. The molecule has 0 spiro atoms. The van der Waals surface area contributed by atoms with Crippen molar-refractivity contribution in [2.24, 2.45) is 0 Å². The average Bonchev–Trinajstić information content (AvgIpc) is 3.02. The van der Waals surface area contributed by atoms with Crippen molar-refractivity contribution >= 4 is 6.01 Å². The number of nitrogens with zero attached hydrogens (tertiary/aromatic N) is 3. The minimum absolute atomic E-state index is 0.482. The number of hydrogen-bond acceptors (Lipinski definition) is 6. The standard InChI is InChI=1S/C15H20N4O2/c1-2-5-13(6-3-1)14-17-15(21-18-14)16-7-4-8-19-9-11-20-12-10-19/h1-3,5-6H,4,7-12H2,(H,16,17,18). The number of hydrogen-bond donors (Lipinski definition) is 1. The third-order valence-electron chi connectivity index (χ3n) is 3.49. The van der Waals surface area contributed by atoms with Crippen LogP contribution in [0.15, 0.2) is 34.9 Å². The molecule has 0 saturated carbocycles. The normalized spacial score (nSPS) is 16.0. The van der Waals surface area contributed by atoms with Crippen molar-refractivity contribution in [2.45, 2.75) is 6.42 Å². The van der Waals surface area contributed by atoms with Gasteiger partial charge in [-0.2, -0.15) is 4.98 Å². The molecule has 2 aromatic rings. The van der Waals surface area contributed by atoms with Crippen LogP contribution in [0.1, 0.15) is 6.42 Å². The summed E-state index contributed by atoms with van der Waals surface area (Å²) in [6.45, 7) is 5.64. The molecule has 1 fully saturated rings. The fourth-order valence-corrected chi connectivity index (χ4v) is 2.32. The molecule has 3 rings (SSSR count). The quantitative estimate of drug-likeness (QED) is 0.819. The number of benzene rings is 1. The fraction of sp³-hybridized carbons (Fsp3) is 0.467. The monoisotopic (exact) mass is 288 g/mol. The molecule has 6 nitrogen and oxygen atoms in total. The van der Waals surface area contributed by atoms with Crippen LogP contribution >= 0.6 is 0 Å². The maximum absolute atomic E-state index is 5.33. The largest absolute Gasteiger partial charge is 0.379 e. The van der Waals surface area contributed by atoms with Gasteiger partial charge in [0.05, 0.1) is 13.2 Å². The molecule has 0 aliphatic carbocycles. The van der Waals surface area contributed by atoms with Gasteiger partial charge in [-0.3, -0.25) is 4.90 Å². The molecule has 0 atom stereocenters. The van der Waals surface area contributed by atoms with Gasteiger partial charge in [0, 0.05) is 25.2 Å². The maximum atomic E-state index is 5.33. The van der Waals surface area contributed by atoms with E-state index in [1.807, 2.05) is 30.3 Å². The second kappa shape index (κ2) is 7.19. The van der Waals surface area contributed by atoms with Gasteiger partial charge in [-0.25, -0.2) is 0 Å². The molecule has 0 amide bonds. The van der Waals surface area contributed by atoms with E-state index < -0.39 is 0 Å². The first-order chi connectivity index (χ1) is 10.4. The van der Waals surface area contributed by atoms with E-state index in [2.05, 4.69) is 20.4 Å². The van der Waals surface area contributed by atoms with Crippen LogP contribution in [0.4, 0.5) is 6.01 Å². The molecule has 1 aliphatic heterocycles. The summed E-state index contributed by atoms with van der Waals surface area (Å²) in [5.41, 5.74) is 0.961. The Kier molecular flexibility index (Phi) is 4.81. The molecule has 2 heterocycles. The summed E-state index contributed by atoms with van der Waals surface area (Å²) in [5, 5.41) is 7.16. The predicted octanol–water partition coefficient (Wildman–Crippen LogP) is 1.87. The lowest BCUT2D eigenvalue weighted by molar-refractivity contribution is 0.0378. The van der Waals surface area contributed by atoms with Crippen LogP contribution in [0.5, 0.6) is 0 Å². The van der Waals surface area contributed by atoms with Gasteiger partial charge >= 0.3 is 6.01 Å². The first kappa shape index (κ1) is 14.0. The molecule has 0 bridgehead atoms. The Balaban J connectivity index is 1.42. The third kappa shape index (κ3) is 4.03. The number of anilines is 1. The zero-order valence-corrected chi connectivity index (χ0v) is 12.0. The zero-order valence-electron chi connectivity index (χ0n) is 12.0. The van der Waals surface area contributed by atoms with Crippen LogP contribution < -0.4 is 5.32 Å². The van der Waals surface area contributed by atoms with Crippen LogP contribution in [0, 0.1) is 0 Å². The number of aromatic nitrogens is 2. The average molecular weight is 288 g/mol. The molecule has 1 aliphatic rings. The molecule has 1 aromatic heterocycles. The van der Waals surface area contributed by atoms with Gasteiger partial charge in [0.1, 0.15) is 0 Å². The fourth-order valence-electron chi connectivity index (χ4n) is 2.32. The maximum Gasteiger partial charge on any atom is 0.321 e. The van der Waals surface area contributed by atoms with Crippen molar-refractivity contribution in [3.8, 4) is 11.4 Å². The highest BCUT2D eigenvalue weighted by Gasteiger charge is 2.10. The van der Waals surface area contributed by atoms with Crippen molar-refractivity contribution in [3.63, 3.8) is 0 Å². The van der Waals surface area contributed by atoms with E-state index in [-0.39, 0.29) is 0 Å². The van der Waals surface area contributed by atoms with Crippen LogP contribution in [0.3, 0.4) is 0 Å². The van der Waals surface area contributed by atoms with Crippen molar-refractivity contribution in [2.75, 3.05) is 44.7 Å². The van der Waals surface area contributed by atoms with Gasteiger partial charge in [-0.15, -0.1) is 0 Å². The van der Waals surface area contributed by atoms with Crippen molar-refractivity contribution in [3.05, 3.63) is 30.3 Å². The summed E-state index contributed by atoms with van der Waals surface area (Å²) in [6, 6.07) is 10.3. The Morgan fingerprint density at radius 1 is 1.14 bits per heavy atom. The highest BCUT2D eigenvalue weighted by molar-refractivity contribution is 5.54. The first-order valence-electron chi connectivity index (χ1n) is 7.35. The lowest BCUT2D eigenvalue weighted by Crippen LogP contribution is -2.37. The summed E-state index contributed by atoms with van der Waals surface area (Å²) in [5.74, 6) is 0.617. The predicted molar refractivity (Wildman–Crippen MR) is 80.1 cm³/mol. The second-order valence-electron chi connectivity index (χ2n) is 5.02. The minimum atomic E-state index is 0.482. The highest BCUT2D eigenvalue weighted by Crippen LogP contribution is 2.16. The summed E-state index contributed by atoms with van der Waals surface area (Å²) < 4.78 is 10.5. The number of nitrogens with one attached hydrogen (secondary N) is 1. The topological polar surface area (TPSA) is 63.4 Å². The van der Waals surface area contributed by atoms with Crippen LogP contribution in [-0.2, 0) is 4.74 Å². The molecular weight excluding hydrogens is 268 g/mol. The van der Waals surface area contributed by atoms with Gasteiger partial charge in [0.25, 0.3) is 0 Å². The minimum Gasteiger partial charge on any atom is -0.379 e. The Bertz CT molecular complexity index is 538. The van der Waals surface area contributed by atoms with E-state index in [1.54, 1.807) is 0 Å². The number of ether oxygens (including phenoxy) is 1. The number of morpholine rings is 1. The van der Waals surface area contributed by atoms with E-state index >= 15 is 0 Å². The van der Waals surface area contributed by atoms with Gasteiger partial charge in [-0.1, -0.05) is 35.5 Å². The second-order valence-corrected chi connectivity index (χ2v) is 5.02. The van der Waals surface area contributed by atoms with Crippen LogP contribution in [-0.4, -0.2) is 54.4 Å². The first-order valence-corrected chi connectivity index (χ1v) is 7.35. The molecule has 6 heteroatoms. The Morgan fingerprint density at radius 3 is 2.76 bits per heavy atom. The van der Waals surface area contributed by atoms with Gasteiger partial charge in [0.2, 0.25) is 5.82 Å². The summed E-state index contributed by atoms with van der Waals surface area (Å²) >= 11 is 0. The van der Waals surface area contributed by atoms with Crippen molar-refractivity contribution in [1.29, 1.82) is 0 Å². The van der Waals surface area contributed by atoms with Crippen molar-refractivity contribution in [1.82, 2.24) is 15.0 Å². The Labute approximate surface area is 124 Å². The van der Waals surface area contributed by atoms with Crippen LogP contribution in [0.2, 0.25) is 0 Å². The molecule has 0 unspecified atom stereocenters. The van der Waals surface area contributed by atoms with Gasteiger partial charge in [0.15, 0.2) is 0 Å². The van der Waals surface area contributed by atoms with E-state index in [1.165, 1.54) is 0 Å². The van der Waals surface area contributed by atoms with Crippen molar-refractivity contribution < 1.29 is 9.26 Å².